The Morgan fingerprint density at radius 2 is 2.15 bits per heavy atom. The highest BCUT2D eigenvalue weighted by atomic mass is 35.5. The quantitative estimate of drug-likeness (QED) is 0.592. The first-order valence-electron chi connectivity index (χ1n) is 6.22. The van der Waals surface area contributed by atoms with E-state index in [1.807, 2.05) is 0 Å². The molecule has 5 nitrogen and oxygen atoms in total. The van der Waals surface area contributed by atoms with Crippen LogP contribution in [0.5, 0.6) is 0 Å². The van der Waals surface area contributed by atoms with E-state index in [1.165, 1.54) is 12.8 Å². The molecule has 1 aromatic rings. The normalized spacial score (nSPS) is 15.5. The number of hydrogen-bond acceptors (Lipinski definition) is 4. The second-order valence-corrected chi connectivity index (χ2v) is 6.87. The average molecular weight is 323 g/mol. The zero-order valence-corrected chi connectivity index (χ0v) is 12.3. The Hall–Kier alpha value is -0.890. The molecule has 0 aliphatic heterocycles. The number of ether oxygens (including phenoxy) is 1. The van der Waals surface area contributed by atoms with Crippen molar-refractivity contribution in [3.63, 3.8) is 0 Å². The zero-order valence-electron chi connectivity index (χ0n) is 10.7. The topological polar surface area (TPSA) is 81.4 Å². The van der Waals surface area contributed by atoms with Gasteiger partial charge in [-0.2, -0.15) is 0 Å². The van der Waals surface area contributed by atoms with E-state index in [0.29, 0.717) is 12.5 Å². The largest absolute Gasteiger partial charge is 0.399 e. The van der Waals surface area contributed by atoms with Crippen molar-refractivity contribution in [2.24, 2.45) is 5.92 Å². The molecule has 1 fully saturated rings. The van der Waals surface area contributed by atoms with Crippen molar-refractivity contribution in [2.75, 3.05) is 25.5 Å². The van der Waals surface area contributed by atoms with Gasteiger partial charge in [0.25, 0.3) is 0 Å². The van der Waals surface area contributed by atoms with Gasteiger partial charge in [-0.15, -0.1) is 0 Å². The van der Waals surface area contributed by atoms with Gasteiger partial charge in [0, 0.05) is 18.8 Å². The molecule has 8 heteroatoms. The van der Waals surface area contributed by atoms with Gasteiger partial charge in [-0.3, -0.25) is 0 Å². The van der Waals surface area contributed by atoms with Gasteiger partial charge in [-0.05, 0) is 30.9 Å². The van der Waals surface area contributed by atoms with E-state index in [-0.39, 0.29) is 23.9 Å². The van der Waals surface area contributed by atoms with Crippen LogP contribution in [0.25, 0.3) is 0 Å². The predicted octanol–water partition coefficient (Wildman–Crippen LogP) is 1.77. The minimum atomic E-state index is -3.99. The Kier molecular flexibility index (Phi) is 4.85. The van der Waals surface area contributed by atoms with E-state index in [9.17, 15) is 12.8 Å². The number of hydrogen-bond donors (Lipinski definition) is 2. The second-order valence-electron chi connectivity index (χ2n) is 4.73. The average Bonchev–Trinajstić information content (AvgIpc) is 3.17. The third-order valence-corrected chi connectivity index (χ3v) is 4.63. The molecule has 0 aromatic heterocycles. The van der Waals surface area contributed by atoms with E-state index < -0.39 is 20.7 Å². The van der Waals surface area contributed by atoms with Crippen molar-refractivity contribution in [1.29, 1.82) is 0 Å². The van der Waals surface area contributed by atoms with Crippen molar-refractivity contribution in [3.8, 4) is 0 Å². The Bertz CT molecular complexity index is 591. The van der Waals surface area contributed by atoms with E-state index in [0.717, 1.165) is 12.1 Å². The predicted molar refractivity (Wildman–Crippen MR) is 74.6 cm³/mol. The number of anilines is 1. The maximum atomic E-state index is 13.7. The molecular formula is C12H16ClFN2O3S. The summed E-state index contributed by atoms with van der Waals surface area (Å²) in [7, 11) is -3.99. The highest BCUT2D eigenvalue weighted by Gasteiger charge is 2.23. The van der Waals surface area contributed by atoms with Crippen LogP contribution in [0.15, 0.2) is 17.0 Å². The molecule has 0 saturated heterocycles. The molecule has 20 heavy (non-hydrogen) atoms. The summed E-state index contributed by atoms with van der Waals surface area (Å²) >= 11 is 5.58. The van der Waals surface area contributed by atoms with Crippen LogP contribution in [-0.2, 0) is 14.8 Å². The molecule has 0 atom stereocenters. The molecule has 0 amide bonds. The smallest absolute Gasteiger partial charge is 0.243 e. The molecule has 0 spiro atoms. The summed E-state index contributed by atoms with van der Waals surface area (Å²) < 4.78 is 45.2. The summed E-state index contributed by atoms with van der Waals surface area (Å²) in [6.07, 6.45) is 2.33. The van der Waals surface area contributed by atoms with Crippen LogP contribution in [0.2, 0.25) is 5.02 Å². The molecule has 3 N–H and O–H groups in total. The van der Waals surface area contributed by atoms with Gasteiger partial charge in [0.1, 0.15) is 4.90 Å². The molecule has 0 heterocycles. The maximum Gasteiger partial charge on any atom is 0.243 e. The highest BCUT2D eigenvalue weighted by Crippen LogP contribution is 2.28. The molecule has 0 bridgehead atoms. The summed E-state index contributed by atoms with van der Waals surface area (Å²) in [5, 5.41) is -0.324. The molecule has 1 saturated carbocycles. The fourth-order valence-corrected chi connectivity index (χ4v) is 3.07. The van der Waals surface area contributed by atoms with Crippen molar-refractivity contribution in [3.05, 3.63) is 23.0 Å². The lowest BCUT2D eigenvalue weighted by atomic mass is 10.3. The SMILES string of the molecule is Nc1cc(Cl)c(F)c(S(=O)(=O)NCCOCC2CC2)c1. The summed E-state index contributed by atoms with van der Waals surface area (Å²) in [4.78, 5) is -0.551. The fraction of sp³-hybridized carbons (Fsp3) is 0.500. The van der Waals surface area contributed by atoms with Crippen LogP contribution < -0.4 is 10.5 Å². The first-order valence-corrected chi connectivity index (χ1v) is 8.08. The van der Waals surface area contributed by atoms with Crippen molar-refractivity contribution < 1.29 is 17.5 Å². The third-order valence-electron chi connectivity index (χ3n) is 2.90. The Labute approximate surface area is 122 Å². The Morgan fingerprint density at radius 3 is 2.80 bits per heavy atom. The molecule has 1 aliphatic carbocycles. The third kappa shape index (κ3) is 4.05. The van der Waals surface area contributed by atoms with Crippen LogP contribution in [0.1, 0.15) is 12.8 Å². The van der Waals surface area contributed by atoms with Gasteiger partial charge in [0.05, 0.1) is 11.6 Å². The van der Waals surface area contributed by atoms with Gasteiger partial charge in [0.2, 0.25) is 10.0 Å². The number of sulfonamides is 1. The first-order chi connectivity index (χ1) is 9.40. The van der Waals surface area contributed by atoms with E-state index >= 15 is 0 Å². The van der Waals surface area contributed by atoms with Gasteiger partial charge in [-0.1, -0.05) is 11.6 Å². The number of nitrogens with one attached hydrogen (secondary N) is 1. The summed E-state index contributed by atoms with van der Waals surface area (Å²) in [6.45, 7) is 0.953. The van der Waals surface area contributed by atoms with Crippen LogP contribution in [0.4, 0.5) is 10.1 Å². The number of nitrogen functional groups attached to an aromatic ring is 1. The van der Waals surface area contributed by atoms with Crippen LogP contribution >= 0.6 is 11.6 Å². The van der Waals surface area contributed by atoms with E-state index in [4.69, 9.17) is 22.1 Å². The standard InChI is InChI=1S/C12H16ClFN2O3S/c13-10-5-9(15)6-11(12(10)14)20(17,18)16-3-4-19-7-8-1-2-8/h5-6,8,16H,1-4,7,15H2. The number of halogens is 2. The van der Waals surface area contributed by atoms with Gasteiger partial charge >= 0.3 is 0 Å². The number of benzene rings is 1. The number of rotatable bonds is 7. The maximum absolute atomic E-state index is 13.7. The van der Waals surface area contributed by atoms with E-state index in [1.54, 1.807) is 0 Å². The van der Waals surface area contributed by atoms with Gasteiger partial charge < -0.3 is 10.5 Å². The van der Waals surface area contributed by atoms with Crippen molar-refractivity contribution >= 4 is 27.3 Å². The molecule has 1 aromatic carbocycles. The first kappa shape index (κ1) is 15.5. The Morgan fingerprint density at radius 1 is 1.45 bits per heavy atom. The lowest BCUT2D eigenvalue weighted by Crippen LogP contribution is -2.28. The fourth-order valence-electron chi connectivity index (χ4n) is 1.64. The molecule has 112 valence electrons. The van der Waals surface area contributed by atoms with Crippen molar-refractivity contribution in [1.82, 2.24) is 4.72 Å². The van der Waals surface area contributed by atoms with Gasteiger partial charge in [-0.25, -0.2) is 17.5 Å². The number of nitrogens with two attached hydrogens (primary N) is 1. The Balaban J connectivity index is 1.95. The summed E-state index contributed by atoms with van der Waals surface area (Å²) in [6, 6.07) is 2.20. The minimum Gasteiger partial charge on any atom is -0.399 e. The molecular weight excluding hydrogens is 307 g/mol. The lowest BCUT2D eigenvalue weighted by Gasteiger charge is -2.09. The summed E-state index contributed by atoms with van der Waals surface area (Å²) in [5.74, 6) is -0.399. The summed E-state index contributed by atoms with van der Waals surface area (Å²) in [5.41, 5.74) is 5.56. The van der Waals surface area contributed by atoms with Crippen LogP contribution in [-0.4, -0.2) is 28.2 Å². The highest BCUT2D eigenvalue weighted by molar-refractivity contribution is 7.89. The zero-order chi connectivity index (χ0) is 14.8. The second kappa shape index (κ2) is 6.26. The van der Waals surface area contributed by atoms with Gasteiger partial charge in [0.15, 0.2) is 5.82 Å². The minimum absolute atomic E-state index is 0.0703. The monoisotopic (exact) mass is 322 g/mol. The van der Waals surface area contributed by atoms with E-state index in [2.05, 4.69) is 4.72 Å². The molecule has 2 rings (SSSR count). The molecule has 1 aliphatic rings. The van der Waals surface area contributed by atoms with Crippen molar-refractivity contribution in [2.45, 2.75) is 17.7 Å². The molecule has 0 unspecified atom stereocenters. The van der Waals surface area contributed by atoms with Crippen LogP contribution in [0, 0.1) is 11.7 Å². The van der Waals surface area contributed by atoms with Crippen LogP contribution in [0.3, 0.4) is 0 Å². The lowest BCUT2D eigenvalue weighted by molar-refractivity contribution is 0.129. The molecule has 0 radical (unpaired) electrons.